The summed E-state index contributed by atoms with van der Waals surface area (Å²) in [5, 5.41) is 29.4. The van der Waals surface area contributed by atoms with E-state index in [2.05, 4.69) is 4.98 Å². The Morgan fingerprint density at radius 1 is 1.03 bits per heavy atom. The third kappa shape index (κ3) is 4.28. The van der Waals surface area contributed by atoms with E-state index in [1.807, 2.05) is 18.2 Å². The highest BCUT2D eigenvalue weighted by molar-refractivity contribution is 5.31. The van der Waals surface area contributed by atoms with E-state index < -0.39 is 42.4 Å². The molecule has 3 heterocycles. The first-order valence-corrected chi connectivity index (χ1v) is 9.60. The molecule has 4 atom stereocenters. The van der Waals surface area contributed by atoms with Crippen LogP contribution in [0.4, 0.5) is 0 Å². The summed E-state index contributed by atoms with van der Waals surface area (Å²) < 4.78 is 13.1. The van der Waals surface area contributed by atoms with E-state index >= 15 is 0 Å². The van der Waals surface area contributed by atoms with E-state index in [9.17, 15) is 24.9 Å². The topological polar surface area (TPSA) is 136 Å². The lowest BCUT2D eigenvalue weighted by atomic mass is 10.1. The molecule has 1 fully saturated rings. The molecule has 2 aromatic heterocycles. The molecule has 10 heteroatoms. The van der Waals surface area contributed by atoms with Gasteiger partial charge in [0.15, 0.2) is 6.23 Å². The Balaban J connectivity index is 1.61. The van der Waals surface area contributed by atoms with Crippen LogP contribution in [0, 0.1) is 0 Å². The summed E-state index contributed by atoms with van der Waals surface area (Å²) in [6.45, 7) is -0.666. The van der Waals surface area contributed by atoms with Crippen molar-refractivity contribution in [1.82, 2.24) is 14.1 Å². The second-order valence-electron chi connectivity index (χ2n) is 7.06. The number of aliphatic hydroxyl groups is 3. The van der Waals surface area contributed by atoms with Crippen LogP contribution in [0.5, 0.6) is 11.5 Å². The first-order valence-electron chi connectivity index (χ1n) is 9.60. The normalized spacial score (nSPS) is 23.1. The van der Waals surface area contributed by atoms with E-state index in [-0.39, 0.29) is 6.54 Å². The highest BCUT2D eigenvalue weighted by atomic mass is 16.6. The minimum atomic E-state index is -1.44. The molecule has 1 aliphatic rings. The first kappa shape index (κ1) is 20.9. The SMILES string of the molecule is O=c1ccn([C@@H]2O[C@H](CO)[C@H](O)C2O)c(=O)n1Cc1cc(Oc2ccccc2)ccn1. The number of hydrogen-bond donors (Lipinski definition) is 3. The minimum Gasteiger partial charge on any atom is -0.457 e. The van der Waals surface area contributed by atoms with E-state index in [0.717, 1.165) is 15.2 Å². The number of benzene rings is 1. The van der Waals surface area contributed by atoms with Crippen molar-refractivity contribution in [2.75, 3.05) is 6.61 Å². The Kier molecular flexibility index (Phi) is 5.96. The number of aromatic nitrogens is 3. The van der Waals surface area contributed by atoms with Gasteiger partial charge in [0.2, 0.25) is 0 Å². The maximum absolute atomic E-state index is 12.9. The number of pyridine rings is 1. The third-order valence-corrected chi connectivity index (χ3v) is 4.97. The summed E-state index contributed by atoms with van der Waals surface area (Å²) >= 11 is 0. The Morgan fingerprint density at radius 2 is 1.81 bits per heavy atom. The van der Waals surface area contributed by atoms with Gasteiger partial charge in [0.05, 0.1) is 18.8 Å². The number of rotatable bonds is 6. The van der Waals surface area contributed by atoms with Gasteiger partial charge >= 0.3 is 5.69 Å². The summed E-state index contributed by atoms with van der Waals surface area (Å²) in [7, 11) is 0. The zero-order chi connectivity index (χ0) is 22.0. The predicted octanol–water partition coefficient (Wildman–Crippen LogP) is -0.143. The number of hydrogen-bond acceptors (Lipinski definition) is 8. The Hall–Kier alpha value is -3.31. The van der Waals surface area contributed by atoms with Gasteiger partial charge in [-0.3, -0.25) is 18.9 Å². The largest absolute Gasteiger partial charge is 0.457 e. The van der Waals surface area contributed by atoms with Gasteiger partial charge in [-0.05, 0) is 18.2 Å². The van der Waals surface area contributed by atoms with Crippen molar-refractivity contribution in [3.05, 3.63) is 87.5 Å². The lowest BCUT2D eigenvalue weighted by Gasteiger charge is -2.18. The standard InChI is InChI=1S/C21H21N3O7/c25-12-16-18(27)19(28)20(31-16)23-9-7-17(26)24(21(23)29)11-13-10-15(6-8-22-13)30-14-4-2-1-3-5-14/h1-10,16,18-20,25,27-28H,11-12H2/t16-,18+,19?,20-/m1/s1. The smallest absolute Gasteiger partial charge is 0.333 e. The van der Waals surface area contributed by atoms with Crippen molar-refractivity contribution in [1.29, 1.82) is 0 Å². The van der Waals surface area contributed by atoms with Crippen LogP contribution in [-0.4, -0.2) is 54.4 Å². The Bertz CT molecular complexity index is 1160. The van der Waals surface area contributed by atoms with Crippen LogP contribution in [0.15, 0.2) is 70.5 Å². The second kappa shape index (κ2) is 8.82. The van der Waals surface area contributed by atoms with Crippen molar-refractivity contribution in [3.63, 3.8) is 0 Å². The molecule has 4 rings (SSSR count). The molecule has 31 heavy (non-hydrogen) atoms. The van der Waals surface area contributed by atoms with Gasteiger partial charge in [0, 0.05) is 24.5 Å². The predicted molar refractivity (Wildman–Crippen MR) is 108 cm³/mol. The van der Waals surface area contributed by atoms with Crippen molar-refractivity contribution in [2.45, 2.75) is 31.1 Å². The molecule has 0 spiro atoms. The molecule has 0 radical (unpaired) electrons. The second-order valence-corrected chi connectivity index (χ2v) is 7.06. The highest BCUT2D eigenvalue weighted by Gasteiger charge is 2.43. The number of nitrogens with zero attached hydrogens (tertiary/aromatic N) is 3. The number of para-hydroxylation sites is 1. The molecule has 1 aliphatic heterocycles. The summed E-state index contributed by atoms with van der Waals surface area (Å²) in [4.78, 5) is 29.5. The molecular formula is C21H21N3O7. The molecule has 0 bridgehead atoms. The molecule has 1 saturated heterocycles. The molecule has 0 aliphatic carbocycles. The van der Waals surface area contributed by atoms with Crippen LogP contribution in [0.25, 0.3) is 0 Å². The van der Waals surface area contributed by atoms with Crippen molar-refractivity contribution in [3.8, 4) is 11.5 Å². The summed E-state index contributed by atoms with van der Waals surface area (Å²) in [5.41, 5.74) is -0.908. The molecule has 1 unspecified atom stereocenters. The molecule has 10 nitrogen and oxygen atoms in total. The van der Waals surface area contributed by atoms with Crippen LogP contribution in [-0.2, 0) is 11.3 Å². The highest BCUT2D eigenvalue weighted by Crippen LogP contribution is 2.28. The summed E-state index contributed by atoms with van der Waals surface area (Å²) in [5.74, 6) is 1.12. The Morgan fingerprint density at radius 3 is 2.52 bits per heavy atom. The first-order chi connectivity index (χ1) is 15.0. The number of ether oxygens (including phenoxy) is 2. The van der Waals surface area contributed by atoms with Crippen LogP contribution in [0.2, 0.25) is 0 Å². The zero-order valence-corrected chi connectivity index (χ0v) is 16.3. The maximum atomic E-state index is 12.9. The fourth-order valence-electron chi connectivity index (χ4n) is 3.37. The molecular weight excluding hydrogens is 406 g/mol. The minimum absolute atomic E-state index is 0.140. The van der Waals surface area contributed by atoms with Crippen molar-refractivity contribution in [2.24, 2.45) is 0 Å². The fourth-order valence-corrected chi connectivity index (χ4v) is 3.37. The van der Waals surface area contributed by atoms with E-state index in [1.54, 1.807) is 24.3 Å². The molecule has 0 saturated carbocycles. The van der Waals surface area contributed by atoms with Gasteiger partial charge in [0.1, 0.15) is 29.8 Å². The molecule has 3 N–H and O–H groups in total. The van der Waals surface area contributed by atoms with Gasteiger partial charge in [-0.25, -0.2) is 4.79 Å². The van der Waals surface area contributed by atoms with Crippen LogP contribution >= 0.6 is 0 Å². The molecule has 0 amide bonds. The average molecular weight is 427 g/mol. The lowest BCUT2D eigenvalue weighted by Crippen LogP contribution is -2.43. The third-order valence-electron chi connectivity index (χ3n) is 4.97. The zero-order valence-electron chi connectivity index (χ0n) is 16.3. The maximum Gasteiger partial charge on any atom is 0.333 e. The van der Waals surface area contributed by atoms with Gasteiger partial charge in [0.25, 0.3) is 5.56 Å². The van der Waals surface area contributed by atoms with Gasteiger partial charge in [-0.1, -0.05) is 18.2 Å². The quantitative estimate of drug-likeness (QED) is 0.495. The molecule has 3 aromatic rings. The van der Waals surface area contributed by atoms with Crippen LogP contribution in [0.1, 0.15) is 11.9 Å². The van der Waals surface area contributed by atoms with E-state index in [4.69, 9.17) is 9.47 Å². The van der Waals surface area contributed by atoms with Gasteiger partial charge in [-0.2, -0.15) is 0 Å². The Labute approximate surface area is 176 Å². The average Bonchev–Trinajstić information content (AvgIpc) is 3.06. The van der Waals surface area contributed by atoms with Crippen LogP contribution in [0.3, 0.4) is 0 Å². The van der Waals surface area contributed by atoms with E-state index in [1.165, 1.54) is 12.4 Å². The van der Waals surface area contributed by atoms with Gasteiger partial charge in [-0.15, -0.1) is 0 Å². The number of aliphatic hydroxyl groups excluding tert-OH is 3. The van der Waals surface area contributed by atoms with E-state index in [0.29, 0.717) is 17.2 Å². The molecule has 162 valence electrons. The van der Waals surface area contributed by atoms with Crippen LogP contribution < -0.4 is 16.0 Å². The lowest BCUT2D eigenvalue weighted by molar-refractivity contribution is -0.0555. The molecule has 1 aromatic carbocycles. The summed E-state index contributed by atoms with van der Waals surface area (Å²) in [6.07, 6.45) is -2.40. The summed E-state index contributed by atoms with van der Waals surface area (Å²) in [6, 6.07) is 13.5. The van der Waals surface area contributed by atoms with Gasteiger partial charge < -0.3 is 24.8 Å². The van der Waals surface area contributed by atoms with Crippen molar-refractivity contribution < 1.29 is 24.8 Å². The monoisotopic (exact) mass is 427 g/mol. The fraction of sp³-hybridized carbons (Fsp3) is 0.286. The van der Waals surface area contributed by atoms with Crippen molar-refractivity contribution >= 4 is 0 Å².